The van der Waals surface area contributed by atoms with Crippen LogP contribution in [-0.2, 0) is 28.0 Å². The van der Waals surface area contributed by atoms with Crippen LogP contribution in [0.15, 0.2) is 0 Å². The van der Waals surface area contributed by atoms with Crippen LogP contribution in [0.3, 0.4) is 0 Å². The Morgan fingerprint density at radius 3 is 2.00 bits per heavy atom. The van der Waals surface area contributed by atoms with Gasteiger partial charge in [-0.1, -0.05) is 11.7 Å². The Morgan fingerprint density at radius 1 is 1.62 bits per heavy atom. The van der Waals surface area contributed by atoms with Crippen molar-refractivity contribution in [3.63, 3.8) is 0 Å². The van der Waals surface area contributed by atoms with Gasteiger partial charge in [0, 0.05) is 0 Å². The molecular formula is HO4PS2Zn. The van der Waals surface area contributed by atoms with Crippen molar-refractivity contribution in [2.45, 2.75) is 0 Å². The Hall–Kier alpha value is 1.43. The van der Waals surface area contributed by atoms with E-state index in [0.29, 0.717) is 0 Å². The summed E-state index contributed by atoms with van der Waals surface area (Å²) in [6.45, 7) is 0. The predicted octanol–water partition coefficient (Wildman–Crippen LogP) is -0.678. The summed E-state index contributed by atoms with van der Waals surface area (Å²) < 4.78 is 12.9. The van der Waals surface area contributed by atoms with Crippen LogP contribution in [0.25, 0.3) is 0 Å². The Balaban J connectivity index is 0. The molecule has 0 radical (unpaired) electrons. The van der Waals surface area contributed by atoms with Crippen molar-refractivity contribution in [1.82, 2.24) is 0 Å². The van der Waals surface area contributed by atoms with Crippen molar-refractivity contribution < 1.29 is 37.8 Å². The molecule has 0 atom stereocenters. The maximum Gasteiger partial charge on any atom is 2.00 e. The number of hydrogen-bond acceptors (Lipinski definition) is 6. The van der Waals surface area contributed by atoms with Gasteiger partial charge in [0.1, 0.15) is 0 Å². The molecule has 0 saturated heterocycles. The summed E-state index contributed by atoms with van der Waals surface area (Å²) in [5.41, 5.74) is 0. The second-order valence-electron chi connectivity index (χ2n) is 0.596. The topological polar surface area (TPSA) is 72.4 Å². The summed E-state index contributed by atoms with van der Waals surface area (Å²) >= 11 is 3.45. The van der Waals surface area contributed by atoms with E-state index in [1.54, 1.807) is 0 Å². The molecule has 8 heteroatoms. The van der Waals surface area contributed by atoms with Gasteiger partial charge in [-0.15, -0.1) is 0 Å². The van der Waals surface area contributed by atoms with E-state index in [1.807, 2.05) is 0 Å². The van der Waals surface area contributed by atoms with Crippen molar-refractivity contribution in [3.05, 3.63) is 0 Å². The second kappa shape index (κ2) is 5.24. The van der Waals surface area contributed by atoms with Crippen LogP contribution >= 0.6 is 30.6 Å². The molecule has 0 N–H and O–H groups in total. The smallest absolute Gasteiger partial charge is 0.789 e. The molecule has 0 saturated carbocycles. The Kier molecular flexibility index (Phi) is 7.95. The van der Waals surface area contributed by atoms with Gasteiger partial charge in [0.15, 0.2) is 0 Å². The van der Waals surface area contributed by atoms with Crippen LogP contribution in [-0.4, -0.2) is 0 Å². The van der Waals surface area contributed by atoms with E-state index in [2.05, 4.69) is 15.6 Å². The number of phosphoric acid groups is 1. The average molecular weight is 226 g/mol. The minimum absolute atomic E-state index is 0. The largest absolute Gasteiger partial charge is 2.00 e. The molecule has 0 aromatic rings. The van der Waals surface area contributed by atoms with E-state index in [0.717, 1.165) is 0 Å². The molecule has 8 heavy (non-hydrogen) atoms. The molecule has 4 nitrogen and oxygen atoms in total. The van der Waals surface area contributed by atoms with E-state index in [4.69, 9.17) is 0 Å². The van der Waals surface area contributed by atoms with Crippen LogP contribution < -0.4 is 9.79 Å². The first-order valence-corrected chi connectivity index (χ1v) is 4.33. The zero-order valence-corrected chi connectivity index (χ0v) is 9.22. The van der Waals surface area contributed by atoms with Crippen molar-refractivity contribution in [2.75, 3.05) is 0 Å². The molecule has 0 unspecified atom stereocenters. The van der Waals surface area contributed by atoms with Gasteiger partial charge >= 0.3 is 19.5 Å². The molecule has 0 spiro atoms. The maximum absolute atomic E-state index is 9.41. The molecule has 0 aliphatic heterocycles. The van der Waals surface area contributed by atoms with Gasteiger partial charge in [-0.3, -0.25) is 3.97 Å². The molecule has 44 valence electrons. The molecule has 0 aromatic carbocycles. The third kappa shape index (κ3) is 10.4. The minimum atomic E-state index is -4.78. The molecule has 0 bridgehead atoms. The van der Waals surface area contributed by atoms with E-state index in [-0.39, 0.29) is 30.6 Å². The molecule has 0 amide bonds. The Labute approximate surface area is 68.4 Å². The third-order valence-corrected chi connectivity index (χ3v) is 1.72. The molecule has 0 heterocycles. The Bertz CT molecular complexity index is 88.0. The summed E-state index contributed by atoms with van der Waals surface area (Å²) in [6, 6.07) is 0. The first-order chi connectivity index (χ1) is 3.06. The van der Waals surface area contributed by atoms with Crippen molar-refractivity contribution in [1.29, 1.82) is 0 Å². The fraction of sp³-hybridized carbons (Fsp3) is 0. The van der Waals surface area contributed by atoms with E-state index >= 15 is 0 Å². The SMILES string of the molecule is O=P([O-])([O-])OSS.[Zn+2]. The molecule has 0 fully saturated rings. The van der Waals surface area contributed by atoms with Crippen LogP contribution in [0.1, 0.15) is 0 Å². The summed E-state index contributed by atoms with van der Waals surface area (Å²) in [7, 11) is -4.78. The normalized spacial score (nSPS) is 10.4. The predicted molar refractivity (Wildman–Crippen MR) is 25.3 cm³/mol. The average Bonchev–Trinajstić information content (AvgIpc) is 1.30. The molecule has 0 aromatic heterocycles. The third-order valence-electron chi connectivity index (χ3n) is 0.125. The van der Waals surface area contributed by atoms with Gasteiger partial charge in [-0.2, -0.15) is 0 Å². The van der Waals surface area contributed by atoms with Crippen molar-refractivity contribution in [3.8, 4) is 0 Å². The van der Waals surface area contributed by atoms with Crippen LogP contribution in [0.2, 0.25) is 0 Å². The first kappa shape index (κ1) is 12.1. The van der Waals surface area contributed by atoms with Crippen LogP contribution in [0, 0.1) is 0 Å². The van der Waals surface area contributed by atoms with Gasteiger partial charge in [0.2, 0.25) is 0 Å². The van der Waals surface area contributed by atoms with Gasteiger partial charge in [-0.05, 0) is 0 Å². The standard InChI is InChI=1S/H3O4PS2.Zn/c1-5(2,3)4-7-6;/h6H,(H2,1,2,3);/q;+2/p-2. The maximum atomic E-state index is 9.41. The van der Waals surface area contributed by atoms with Gasteiger partial charge in [0.25, 0.3) is 0 Å². The van der Waals surface area contributed by atoms with Crippen molar-refractivity contribution in [2.24, 2.45) is 0 Å². The zero-order chi connectivity index (χ0) is 5.91. The Morgan fingerprint density at radius 2 is 2.00 bits per heavy atom. The second-order valence-corrected chi connectivity index (χ2v) is 2.68. The fourth-order valence-electron chi connectivity index (χ4n) is 0.0408. The van der Waals surface area contributed by atoms with Crippen LogP contribution in [0.4, 0.5) is 0 Å². The summed E-state index contributed by atoms with van der Waals surface area (Å²) in [5, 5.41) is 0. The number of hydrogen-bond donors (Lipinski definition) is 1. The van der Waals surface area contributed by atoms with Gasteiger partial charge in [-0.25, -0.2) is 0 Å². The minimum Gasteiger partial charge on any atom is -0.789 e. The quantitative estimate of drug-likeness (QED) is 0.222. The molecule has 0 rings (SSSR count). The van der Waals surface area contributed by atoms with Gasteiger partial charge < -0.3 is 14.4 Å². The first-order valence-electron chi connectivity index (χ1n) is 1.08. The summed E-state index contributed by atoms with van der Waals surface area (Å²) in [6.07, 6.45) is 0. The summed E-state index contributed by atoms with van der Waals surface area (Å²) in [4.78, 5) is 18.8. The van der Waals surface area contributed by atoms with E-state index < -0.39 is 7.82 Å². The van der Waals surface area contributed by atoms with Crippen LogP contribution in [0.5, 0.6) is 0 Å². The zero-order valence-electron chi connectivity index (χ0n) is 3.64. The molecular weight excluding hydrogens is 224 g/mol. The monoisotopic (exact) mass is 224 g/mol. The molecule has 0 aliphatic rings. The fourth-order valence-corrected chi connectivity index (χ4v) is 1.10. The van der Waals surface area contributed by atoms with Crippen molar-refractivity contribution >= 4 is 30.6 Å². The number of rotatable bonds is 2. The number of thiol groups is 1. The van der Waals surface area contributed by atoms with Gasteiger partial charge in [0.05, 0.1) is 18.9 Å². The summed E-state index contributed by atoms with van der Waals surface area (Å²) in [5.74, 6) is 0. The van der Waals surface area contributed by atoms with E-state index in [9.17, 15) is 14.4 Å². The van der Waals surface area contributed by atoms with E-state index in [1.165, 1.54) is 0 Å². The molecule has 0 aliphatic carbocycles.